The fourth-order valence-electron chi connectivity index (χ4n) is 4.15. The zero-order valence-electron chi connectivity index (χ0n) is 17.0. The second-order valence-electron chi connectivity index (χ2n) is 8.06. The highest BCUT2D eigenvalue weighted by atomic mass is 35.5. The highest BCUT2D eigenvalue weighted by Crippen LogP contribution is 2.30. The van der Waals surface area contributed by atoms with Gasteiger partial charge >= 0.3 is 0 Å². The lowest BCUT2D eigenvalue weighted by molar-refractivity contribution is -0.131. The van der Waals surface area contributed by atoms with Crippen LogP contribution in [0.5, 0.6) is 0 Å². The molecule has 0 saturated carbocycles. The first-order valence-electron chi connectivity index (χ1n) is 10.1. The summed E-state index contributed by atoms with van der Waals surface area (Å²) < 4.78 is 1.99. The SMILES string of the molecule is CN(Cc1cnc2ccccn12)C(=O)CC[C@@]1(Cc2ccc(Cl)cc2)CCC(=O)N1. The molecule has 6 nitrogen and oxygen atoms in total. The second kappa shape index (κ2) is 8.48. The number of rotatable bonds is 7. The molecule has 7 heteroatoms. The number of carbonyl (C=O) groups is 2. The Labute approximate surface area is 180 Å². The van der Waals surface area contributed by atoms with Crippen LogP contribution in [0.15, 0.2) is 54.9 Å². The molecule has 2 amide bonds. The first-order chi connectivity index (χ1) is 14.4. The van der Waals surface area contributed by atoms with Crippen LogP contribution in [-0.4, -0.2) is 38.7 Å². The number of aromatic nitrogens is 2. The number of hydrogen-bond acceptors (Lipinski definition) is 3. The van der Waals surface area contributed by atoms with Crippen molar-refractivity contribution in [1.82, 2.24) is 19.6 Å². The standard InChI is InChI=1S/C23H25ClN4O2/c1-27(16-19-15-25-20-4-2-3-13-28(19)20)22(30)10-12-23(11-9-21(29)26-23)14-17-5-7-18(24)8-6-17/h2-8,13,15H,9-12,14,16H2,1H3,(H,26,29)/t23-/m1/s1. The molecule has 156 valence electrons. The van der Waals surface area contributed by atoms with Gasteiger partial charge in [0.25, 0.3) is 0 Å². The first-order valence-corrected chi connectivity index (χ1v) is 10.5. The first kappa shape index (κ1) is 20.4. The summed E-state index contributed by atoms with van der Waals surface area (Å²) in [6.07, 6.45) is 6.67. The van der Waals surface area contributed by atoms with Crippen LogP contribution < -0.4 is 5.32 Å². The third-order valence-electron chi connectivity index (χ3n) is 5.83. The number of nitrogens with one attached hydrogen (secondary N) is 1. The van der Waals surface area contributed by atoms with E-state index in [1.165, 1.54) is 0 Å². The lowest BCUT2D eigenvalue weighted by atomic mass is 9.85. The molecule has 1 atom stereocenters. The molecule has 1 N–H and O–H groups in total. The number of hydrogen-bond donors (Lipinski definition) is 1. The van der Waals surface area contributed by atoms with Gasteiger partial charge in [-0.3, -0.25) is 9.59 Å². The van der Waals surface area contributed by atoms with Crippen LogP contribution in [0.25, 0.3) is 5.65 Å². The van der Waals surface area contributed by atoms with E-state index in [9.17, 15) is 9.59 Å². The molecule has 1 saturated heterocycles. The third kappa shape index (κ3) is 4.49. The molecule has 30 heavy (non-hydrogen) atoms. The van der Waals surface area contributed by atoms with Crippen LogP contribution >= 0.6 is 11.6 Å². The molecule has 1 fully saturated rings. The van der Waals surface area contributed by atoms with Gasteiger partial charge in [-0.25, -0.2) is 4.98 Å². The van der Waals surface area contributed by atoms with Crippen LogP contribution in [0, 0.1) is 0 Å². The van der Waals surface area contributed by atoms with Crippen molar-refractivity contribution in [3.63, 3.8) is 0 Å². The molecule has 4 rings (SSSR count). The minimum absolute atomic E-state index is 0.0514. The Hall–Kier alpha value is -2.86. The fraction of sp³-hybridized carbons (Fsp3) is 0.348. The van der Waals surface area contributed by atoms with E-state index < -0.39 is 0 Å². The molecule has 2 aromatic heterocycles. The number of halogens is 1. The van der Waals surface area contributed by atoms with Crippen LogP contribution in [0.3, 0.4) is 0 Å². The molecule has 1 aromatic carbocycles. The van der Waals surface area contributed by atoms with Gasteiger partial charge in [0.05, 0.1) is 18.4 Å². The molecule has 0 unspecified atom stereocenters. The Kier molecular flexibility index (Phi) is 5.77. The summed E-state index contributed by atoms with van der Waals surface area (Å²) in [4.78, 5) is 30.9. The number of imidazole rings is 1. The highest BCUT2D eigenvalue weighted by Gasteiger charge is 2.38. The molecule has 1 aliphatic rings. The van der Waals surface area contributed by atoms with Crippen LogP contribution in [0.2, 0.25) is 5.02 Å². The predicted molar refractivity (Wildman–Crippen MR) is 116 cm³/mol. The summed E-state index contributed by atoms with van der Waals surface area (Å²) in [6.45, 7) is 0.487. The normalized spacial score (nSPS) is 18.5. The van der Waals surface area contributed by atoms with E-state index >= 15 is 0 Å². The summed E-state index contributed by atoms with van der Waals surface area (Å²) in [6, 6.07) is 13.5. The maximum absolute atomic E-state index is 12.8. The van der Waals surface area contributed by atoms with Crippen molar-refractivity contribution >= 4 is 29.1 Å². The van der Waals surface area contributed by atoms with Gasteiger partial charge < -0.3 is 14.6 Å². The van der Waals surface area contributed by atoms with Gasteiger partial charge in [-0.15, -0.1) is 0 Å². The fourth-order valence-corrected chi connectivity index (χ4v) is 4.27. The number of fused-ring (bicyclic) bond motifs is 1. The van der Waals surface area contributed by atoms with Gasteiger partial charge in [-0.1, -0.05) is 29.8 Å². The van der Waals surface area contributed by atoms with Gasteiger partial charge in [0.15, 0.2) is 0 Å². The molecule has 1 aliphatic heterocycles. The highest BCUT2D eigenvalue weighted by molar-refractivity contribution is 6.30. The van der Waals surface area contributed by atoms with E-state index in [2.05, 4.69) is 10.3 Å². The van der Waals surface area contributed by atoms with Gasteiger partial charge in [0, 0.05) is 36.6 Å². The minimum Gasteiger partial charge on any atom is -0.350 e. The Morgan fingerprint density at radius 2 is 2.07 bits per heavy atom. The number of nitrogens with zero attached hydrogens (tertiary/aromatic N) is 3. The zero-order chi connectivity index (χ0) is 21.1. The van der Waals surface area contributed by atoms with Crippen LogP contribution in [0.1, 0.15) is 36.9 Å². The van der Waals surface area contributed by atoms with Gasteiger partial charge in [0.2, 0.25) is 11.8 Å². The molecule has 3 aromatic rings. The van der Waals surface area contributed by atoms with Crippen molar-refractivity contribution in [3.05, 3.63) is 71.1 Å². The maximum Gasteiger partial charge on any atom is 0.222 e. The molecule has 0 spiro atoms. The van der Waals surface area contributed by atoms with Crippen LogP contribution in [0.4, 0.5) is 0 Å². The van der Waals surface area contributed by atoms with Crippen LogP contribution in [-0.2, 0) is 22.6 Å². The molecule has 3 heterocycles. The Morgan fingerprint density at radius 1 is 1.27 bits per heavy atom. The number of carbonyl (C=O) groups excluding carboxylic acids is 2. The van der Waals surface area contributed by atoms with Crippen molar-refractivity contribution in [2.24, 2.45) is 0 Å². The summed E-state index contributed by atoms with van der Waals surface area (Å²) in [7, 11) is 1.81. The van der Waals surface area contributed by atoms with Crippen molar-refractivity contribution in [3.8, 4) is 0 Å². The van der Waals surface area contributed by atoms with E-state index in [0.717, 1.165) is 23.3 Å². The minimum atomic E-state index is -0.384. The Morgan fingerprint density at radius 3 is 2.80 bits per heavy atom. The lowest BCUT2D eigenvalue weighted by Gasteiger charge is -2.30. The average Bonchev–Trinajstić information content (AvgIpc) is 3.32. The average molecular weight is 425 g/mol. The monoisotopic (exact) mass is 424 g/mol. The molecule has 0 aliphatic carbocycles. The lowest BCUT2D eigenvalue weighted by Crippen LogP contribution is -2.44. The van der Waals surface area contributed by atoms with E-state index in [4.69, 9.17) is 11.6 Å². The van der Waals surface area contributed by atoms with Crippen molar-refractivity contribution < 1.29 is 9.59 Å². The van der Waals surface area contributed by atoms with Crippen molar-refractivity contribution in [2.45, 2.75) is 44.2 Å². The van der Waals surface area contributed by atoms with Crippen molar-refractivity contribution in [2.75, 3.05) is 7.05 Å². The zero-order valence-corrected chi connectivity index (χ0v) is 17.7. The summed E-state index contributed by atoms with van der Waals surface area (Å²) in [5.74, 6) is 0.105. The number of benzene rings is 1. The van der Waals surface area contributed by atoms with E-state index in [-0.39, 0.29) is 17.4 Å². The maximum atomic E-state index is 12.8. The summed E-state index contributed by atoms with van der Waals surface area (Å²) in [5.41, 5.74) is 2.55. The smallest absolute Gasteiger partial charge is 0.222 e. The summed E-state index contributed by atoms with van der Waals surface area (Å²) >= 11 is 5.99. The van der Waals surface area contributed by atoms with Gasteiger partial charge in [-0.05, 0) is 49.1 Å². The van der Waals surface area contributed by atoms with E-state index in [1.807, 2.05) is 60.1 Å². The van der Waals surface area contributed by atoms with Gasteiger partial charge in [0.1, 0.15) is 5.65 Å². The molecular weight excluding hydrogens is 400 g/mol. The van der Waals surface area contributed by atoms with E-state index in [1.54, 1.807) is 11.1 Å². The Bertz CT molecular complexity index is 1060. The number of pyridine rings is 1. The van der Waals surface area contributed by atoms with Gasteiger partial charge in [-0.2, -0.15) is 0 Å². The Balaban J connectivity index is 1.40. The second-order valence-corrected chi connectivity index (χ2v) is 8.50. The van der Waals surface area contributed by atoms with Crippen molar-refractivity contribution in [1.29, 1.82) is 0 Å². The predicted octanol–water partition coefficient (Wildman–Crippen LogP) is 3.62. The molecule has 0 bridgehead atoms. The summed E-state index contributed by atoms with van der Waals surface area (Å²) in [5, 5.41) is 3.83. The quantitative estimate of drug-likeness (QED) is 0.630. The largest absolute Gasteiger partial charge is 0.350 e. The number of amides is 2. The molecular formula is C23H25ClN4O2. The van der Waals surface area contributed by atoms with E-state index in [0.29, 0.717) is 37.3 Å². The topological polar surface area (TPSA) is 66.7 Å². The third-order valence-corrected chi connectivity index (χ3v) is 6.08. The molecule has 0 radical (unpaired) electrons.